The summed E-state index contributed by atoms with van der Waals surface area (Å²) >= 11 is 0. The number of benzene rings is 2. The average Bonchev–Trinajstić information content (AvgIpc) is 2.86. The van der Waals surface area contributed by atoms with Crippen LogP contribution < -0.4 is 5.63 Å². The number of para-hydroxylation sites is 1. The third-order valence-electron chi connectivity index (χ3n) is 3.47. The maximum Gasteiger partial charge on any atom is 0.336 e. The first kappa shape index (κ1) is 11.1. The number of nitrogens with one attached hydrogen (secondary N) is 1. The van der Waals surface area contributed by atoms with Crippen molar-refractivity contribution in [1.29, 1.82) is 0 Å². The highest BCUT2D eigenvalue weighted by atomic mass is 16.4. The quantitative estimate of drug-likeness (QED) is 0.564. The highest BCUT2D eigenvalue weighted by Crippen LogP contribution is 2.31. The Balaban J connectivity index is 2.19. The molecule has 0 fully saturated rings. The van der Waals surface area contributed by atoms with Crippen LogP contribution in [0.5, 0.6) is 0 Å². The van der Waals surface area contributed by atoms with Crippen molar-refractivity contribution in [3.63, 3.8) is 0 Å². The van der Waals surface area contributed by atoms with Crippen molar-refractivity contribution in [3.05, 3.63) is 71.1 Å². The Morgan fingerprint density at radius 2 is 1.60 bits per heavy atom. The lowest BCUT2D eigenvalue weighted by atomic mass is 10.1. The molecule has 0 radical (unpaired) electrons. The van der Waals surface area contributed by atoms with Gasteiger partial charge in [0.05, 0.1) is 5.52 Å². The first-order chi connectivity index (χ1) is 9.83. The molecule has 20 heavy (non-hydrogen) atoms. The lowest BCUT2D eigenvalue weighted by Gasteiger charge is -2.01. The Morgan fingerprint density at radius 3 is 2.45 bits per heavy atom. The van der Waals surface area contributed by atoms with E-state index in [1.54, 1.807) is 6.07 Å². The zero-order valence-electron chi connectivity index (χ0n) is 10.6. The first-order valence-corrected chi connectivity index (χ1v) is 6.43. The van der Waals surface area contributed by atoms with Crippen molar-refractivity contribution in [2.75, 3.05) is 0 Å². The van der Waals surface area contributed by atoms with Crippen LogP contribution in [0.4, 0.5) is 0 Å². The molecule has 4 rings (SSSR count). The normalized spacial score (nSPS) is 11.2. The van der Waals surface area contributed by atoms with Gasteiger partial charge in [-0.15, -0.1) is 0 Å². The second-order valence-electron chi connectivity index (χ2n) is 4.72. The lowest BCUT2D eigenvalue weighted by Crippen LogP contribution is -1.97. The molecule has 0 aliphatic heterocycles. The van der Waals surface area contributed by atoms with Crippen LogP contribution in [0, 0.1) is 0 Å². The van der Waals surface area contributed by atoms with Crippen LogP contribution in [-0.2, 0) is 0 Å². The van der Waals surface area contributed by atoms with Crippen molar-refractivity contribution in [2.45, 2.75) is 0 Å². The van der Waals surface area contributed by atoms with Gasteiger partial charge in [0.1, 0.15) is 0 Å². The van der Waals surface area contributed by atoms with Crippen molar-refractivity contribution in [1.82, 2.24) is 4.98 Å². The minimum Gasteiger partial charge on any atom is -0.420 e. The van der Waals surface area contributed by atoms with Crippen LogP contribution in [-0.4, -0.2) is 4.98 Å². The summed E-state index contributed by atoms with van der Waals surface area (Å²) in [5, 5.41) is 1.93. The number of rotatable bonds is 1. The second-order valence-corrected chi connectivity index (χ2v) is 4.72. The molecule has 0 atom stereocenters. The first-order valence-electron chi connectivity index (χ1n) is 6.43. The Kier molecular flexibility index (Phi) is 2.27. The minimum absolute atomic E-state index is 0.332. The van der Waals surface area contributed by atoms with Crippen LogP contribution in [0.2, 0.25) is 0 Å². The third-order valence-corrected chi connectivity index (χ3v) is 3.47. The van der Waals surface area contributed by atoms with Crippen molar-refractivity contribution >= 4 is 21.8 Å². The van der Waals surface area contributed by atoms with Gasteiger partial charge in [-0.05, 0) is 6.07 Å². The molecule has 2 heterocycles. The Bertz CT molecular complexity index is 965. The molecule has 1 N–H and O–H groups in total. The van der Waals surface area contributed by atoms with Crippen LogP contribution in [0.25, 0.3) is 33.1 Å². The van der Waals surface area contributed by atoms with Gasteiger partial charge in [0.2, 0.25) is 0 Å². The molecule has 96 valence electrons. The minimum atomic E-state index is -0.332. The molecule has 0 aliphatic carbocycles. The van der Waals surface area contributed by atoms with Gasteiger partial charge in [-0.3, -0.25) is 0 Å². The fraction of sp³-hybridized carbons (Fsp3) is 0. The van der Waals surface area contributed by atoms with Crippen LogP contribution in [0.15, 0.2) is 69.9 Å². The van der Waals surface area contributed by atoms with E-state index >= 15 is 0 Å². The van der Waals surface area contributed by atoms with Crippen LogP contribution in [0.1, 0.15) is 0 Å². The largest absolute Gasteiger partial charge is 0.420 e. The summed E-state index contributed by atoms with van der Waals surface area (Å²) in [6, 6.07) is 19.1. The SMILES string of the molecule is O=c1cc2c([nH]c3ccccc32)c(-c2ccccc2)o1. The second kappa shape index (κ2) is 4.10. The van der Waals surface area contributed by atoms with Crippen LogP contribution >= 0.6 is 0 Å². The molecule has 0 spiro atoms. The fourth-order valence-electron chi connectivity index (χ4n) is 2.58. The molecule has 0 aliphatic rings. The smallest absolute Gasteiger partial charge is 0.336 e. The summed E-state index contributed by atoms with van der Waals surface area (Å²) in [6.45, 7) is 0. The molecule has 0 saturated carbocycles. The van der Waals surface area contributed by atoms with E-state index in [4.69, 9.17) is 4.42 Å². The van der Waals surface area contributed by atoms with Gasteiger partial charge in [-0.2, -0.15) is 0 Å². The van der Waals surface area contributed by atoms with E-state index in [0.29, 0.717) is 5.76 Å². The Morgan fingerprint density at radius 1 is 0.850 bits per heavy atom. The van der Waals surface area contributed by atoms with Crippen molar-refractivity contribution in [3.8, 4) is 11.3 Å². The number of hydrogen-bond donors (Lipinski definition) is 1. The molecule has 2 aromatic carbocycles. The topological polar surface area (TPSA) is 46.0 Å². The predicted octanol–water partition coefficient (Wildman–Crippen LogP) is 3.94. The molecule has 4 aromatic rings. The van der Waals surface area contributed by atoms with E-state index in [1.165, 1.54) is 0 Å². The maximum atomic E-state index is 11.8. The highest BCUT2D eigenvalue weighted by molar-refractivity contribution is 6.10. The van der Waals surface area contributed by atoms with E-state index in [1.807, 2.05) is 54.6 Å². The molecule has 0 bridgehead atoms. The van der Waals surface area contributed by atoms with Crippen molar-refractivity contribution < 1.29 is 4.42 Å². The number of fused-ring (bicyclic) bond motifs is 3. The molecular formula is C17H11NO2. The van der Waals surface area contributed by atoms with Gasteiger partial charge < -0.3 is 9.40 Å². The maximum absolute atomic E-state index is 11.8. The third kappa shape index (κ3) is 1.57. The van der Waals surface area contributed by atoms with Gasteiger partial charge in [-0.25, -0.2) is 4.79 Å². The summed E-state index contributed by atoms with van der Waals surface area (Å²) in [6.07, 6.45) is 0. The number of aromatic amines is 1. The Hall–Kier alpha value is -2.81. The van der Waals surface area contributed by atoms with Gasteiger partial charge in [0.15, 0.2) is 5.76 Å². The summed E-state index contributed by atoms with van der Waals surface area (Å²) in [5.41, 5.74) is 2.42. The number of H-pyrrole nitrogens is 1. The average molecular weight is 261 g/mol. The van der Waals surface area contributed by atoms with Crippen LogP contribution in [0.3, 0.4) is 0 Å². The fourth-order valence-corrected chi connectivity index (χ4v) is 2.58. The predicted molar refractivity (Wildman–Crippen MR) is 79.8 cm³/mol. The van der Waals surface area contributed by atoms with E-state index < -0.39 is 0 Å². The zero-order chi connectivity index (χ0) is 13.5. The number of hydrogen-bond acceptors (Lipinski definition) is 2. The summed E-state index contributed by atoms with van der Waals surface area (Å²) in [4.78, 5) is 15.2. The van der Waals surface area contributed by atoms with E-state index in [0.717, 1.165) is 27.4 Å². The highest BCUT2D eigenvalue weighted by Gasteiger charge is 2.12. The molecule has 2 aromatic heterocycles. The summed E-state index contributed by atoms with van der Waals surface area (Å²) in [5.74, 6) is 0.587. The standard InChI is InChI=1S/C17H11NO2/c19-15-10-13-12-8-4-5-9-14(12)18-16(13)17(20-15)11-6-2-1-3-7-11/h1-10,18H. The van der Waals surface area contributed by atoms with E-state index in [9.17, 15) is 4.79 Å². The summed E-state index contributed by atoms with van der Waals surface area (Å²) in [7, 11) is 0. The van der Waals surface area contributed by atoms with Gasteiger partial charge in [0, 0.05) is 27.9 Å². The Labute approximate surface area is 114 Å². The molecule has 3 heteroatoms. The van der Waals surface area contributed by atoms with E-state index in [-0.39, 0.29) is 5.63 Å². The molecule has 0 amide bonds. The molecule has 0 unspecified atom stereocenters. The lowest BCUT2D eigenvalue weighted by molar-refractivity contribution is 0.531. The molecular weight excluding hydrogens is 250 g/mol. The monoisotopic (exact) mass is 261 g/mol. The van der Waals surface area contributed by atoms with Crippen molar-refractivity contribution in [2.24, 2.45) is 0 Å². The molecule has 3 nitrogen and oxygen atoms in total. The van der Waals surface area contributed by atoms with Gasteiger partial charge in [0.25, 0.3) is 0 Å². The van der Waals surface area contributed by atoms with Gasteiger partial charge >= 0.3 is 5.63 Å². The zero-order valence-corrected chi connectivity index (χ0v) is 10.6. The van der Waals surface area contributed by atoms with E-state index in [2.05, 4.69) is 4.98 Å². The van der Waals surface area contributed by atoms with Gasteiger partial charge in [-0.1, -0.05) is 48.5 Å². The number of aromatic nitrogens is 1. The molecule has 0 saturated heterocycles. The summed E-state index contributed by atoms with van der Waals surface area (Å²) < 4.78 is 5.42.